The summed E-state index contributed by atoms with van der Waals surface area (Å²) in [7, 11) is 0. The number of guanidine groups is 2. The summed E-state index contributed by atoms with van der Waals surface area (Å²) in [6, 6.07) is 6.24. The summed E-state index contributed by atoms with van der Waals surface area (Å²) < 4.78 is 0. The normalized spacial score (nSPS) is 17.7. The Bertz CT molecular complexity index is 580. The van der Waals surface area contributed by atoms with Gasteiger partial charge in [-0.1, -0.05) is 0 Å². The second-order valence-electron chi connectivity index (χ2n) is 4.81. The van der Waals surface area contributed by atoms with Gasteiger partial charge >= 0.3 is 0 Å². The minimum absolute atomic E-state index is 0.217. The minimum atomic E-state index is -0.549. The highest BCUT2D eigenvalue weighted by Crippen LogP contribution is 2.35. The van der Waals surface area contributed by atoms with Gasteiger partial charge in [0, 0.05) is 15.5 Å². The molecular formula is C13H19N5S2. The standard InChI is InChI=1S/C13H19N5S2/c1-13(2)17-11(14)16-12(15)18(13)8-5-6-9(19-3)10(7-8)20-4/h5-7H,1-4H3,(H4,14,15,16,17). The third kappa shape index (κ3) is 2.73. The van der Waals surface area contributed by atoms with Crippen LogP contribution in [0.4, 0.5) is 5.69 Å². The minimum Gasteiger partial charge on any atom is -0.369 e. The Hall–Kier alpha value is -1.34. The van der Waals surface area contributed by atoms with Crippen LogP contribution in [0.15, 0.2) is 38.0 Å². The topological polar surface area (TPSA) is 80.0 Å². The van der Waals surface area contributed by atoms with E-state index in [1.165, 1.54) is 9.79 Å². The SMILES string of the molecule is CSc1ccc(N2C(N)=NC(N)=NC2(C)C)cc1SC. The van der Waals surface area contributed by atoms with Crippen molar-refractivity contribution in [2.75, 3.05) is 17.4 Å². The summed E-state index contributed by atoms with van der Waals surface area (Å²) >= 11 is 3.44. The third-order valence-electron chi connectivity index (χ3n) is 3.02. The van der Waals surface area contributed by atoms with Crippen molar-refractivity contribution in [2.24, 2.45) is 21.5 Å². The molecule has 1 aliphatic heterocycles. The summed E-state index contributed by atoms with van der Waals surface area (Å²) in [5, 5.41) is 0. The molecule has 0 bridgehead atoms. The van der Waals surface area contributed by atoms with Crippen molar-refractivity contribution in [1.82, 2.24) is 0 Å². The fourth-order valence-corrected chi connectivity index (χ4v) is 3.69. The van der Waals surface area contributed by atoms with Gasteiger partial charge in [-0.05, 0) is 44.6 Å². The zero-order chi connectivity index (χ0) is 14.9. The van der Waals surface area contributed by atoms with Crippen molar-refractivity contribution in [2.45, 2.75) is 29.3 Å². The zero-order valence-electron chi connectivity index (χ0n) is 12.0. The van der Waals surface area contributed by atoms with Gasteiger partial charge in [-0.3, -0.25) is 4.90 Å². The highest BCUT2D eigenvalue weighted by atomic mass is 32.2. The van der Waals surface area contributed by atoms with E-state index in [9.17, 15) is 0 Å². The van der Waals surface area contributed by atoms with Gasteiger partial charge in [0.2, 0.25) is 11.9 Å². The molecule has 4 N–H and O–H groups in total. The van der Waals surface area contributed by atoms with Gasteiger partial charge in [0.05, 0.1) is 0 Å². The van der Waals surface area contributed by atoms with E-state index in [-0.39, 0.29) is 5.96 Å². The van der Waals surface area contributed by atoms with Crippen LogP contribution in [0.2, 0.25) is 0 Å². The van der Waals surface area contributed by atoms with Crippen LogP contribution in [0.5, 0.6) is 0 Å². The first-order valence-electron chi connectivity index (χ1n) is 6.11. The van der Waals surface area contributed by atoms with Gasteiger partial charge in [0.25, 0.3) is 0 Å². The van der Waals surface area contributed by atoms with Gasteiger partial charge in [-0.15, -0.1) is 23.5 Å². The number of aliphatic imine (C=N–C) groups is 2. The van der Waals surface area contributed by atoms with E-state index in [0.717, 1.165) is 5.69 Å². The fraction of sp³-hybridized carbons (Fsp3) is 0.385. The number of hydrogen-bond acceptors (Lipinski definition) is 7. The van der Waals surface area contributed by atoms with Gasteiger partial charge in [-0.25, -0.2) is 4.99 Å². The molecule has 20 heavy (non-hydrogen) atoms. The van der Waals surface area contributed by atoms with Crippen LogP contribution in [0.3, 0.4) is 0 Å². The van der Waals surface area contributed by atoms with E-state index < -0.39 is 5.66 Å². The molecule has 2 rings (SSSR count). The Morgan fingerprint density at radius 2 is 1.75 bits per heavy atom. The van der Waals surface area contributed by atoms with Crippen molar-refractivity contribution in [3.05, 3.63) is 18.2 Å². The Morgan fingerprint density at radius 3 is 2.30 bits per heavy atom. The summed E-state index contributed by atoms with van der Waals surface area (Å²) in [4.78, 5) is 12.8. The lowest BCUT2D eigenvalue weighted by atomic mass is 10.1. The first-order chi connectivity index (χ1) is 9.39. The predicted molar refractivity (Wildman–Crippen MR) is 89.8 cm³/mol. The number of anilines is 1. The van der Waals surface area contributed by atoms with Crippen LogP contribution in [-0.4, -0.2) is 30.1 Å². The summed E-state index contributed by atoms with van der Waals surface area (Å²) in [5.74, 6) is 0.584. The van der Waals surface area contributed by atoms with Crippen LogP contribution < -0.4 is 16.4 Å². The van der Waals surface area contributed by atoms with Crippen molar-refractivity contribution in [1.29, 1.82) is 0 Å². The number of nitrogens with zero attached hydrogens (tertiary/aromatic N) is 3. The fourth-order valence-electron chi connectivity index (χ4n) is 2.22. The highest BCUT2D eigenvalue weighted by molar-refractivity contribution is 8.01. The quantitative estimate of drug-likeness (QED) is 0.838. The maximum absolute atomic E-state index is 6.04. The van der Waals surface area contributed by atoms with E-state index in [1.54, 1.807) is 23.5 Å². The molecule has 0 unspecified atom stereocenters. The van der Waals surface area contributed by atoms with E-state index in [0.29, 0.717) is 5.96 Å². The molecule has 7 heteroatoms. The molecule has 0 spiro atoms. The van der Waals surface area contributed by atoms with E-state index >= 15 is 0 Å². The van der Waals surface area contributed by atoms with Gasteiger partial charge in [0.1, 0.15) is 5.66 Å². The number of thioether (sulfide) groups is 2. The van der Waals surface area contributed by atoms with Crippen molar-refractivity contribution >= 4 is 41.1 Å². The molecule has 1 aromatic carbocycles. The molecule has 0 fully saturated rings. The Balaban J connectivity index is 2.48. The molecular weight excluding hydrogens is 290 g/mol. The molecule has 108 valence electrons. The lowest BCUT2D eigenvalue weighted by molar-refractivity contribution is 0.533. The van der Waals surface area contributed by atoms with Crippen molar-refractivity contribution < 1.29 is 0 Å². The second-order valence-corrected chi connectivity index (χ2v) is 6.51. The van der Waals surface area contributed by atoms with E-state index in [4.69, 9.17) is 11.5 Å². The van der Waals surface area contributed by atoms with Crippen molar-refractivity contribution in [3.63, 3.8) is 0 Å². The summed E-state index contributed by atoms with van der Waals surface area (Å²) in [5.41, 5.74) is 12.2. The third-order valence-corrected chi connectivity index (χ3v) is 4.72. The average Bonchev–Trinajstić information content (AvgIpc) is 2.36. The maximum Gasteiger partial charge on any atom is 0.220 e. The smallest absolute Gasteiger partial charge is 0.220 e. The van der Waals surface area contributed by atoms with Crippen LogP contribution in [0.1, 0.15) is 13.8 Å². The first kappa shape index (κ1) is 15.1. The lowest BCUT2D eigenvalue weighted by Crippen LogP contribution is -2.54. The summed E-state index contributed by atoms with van der Waals surface area (Å²) in [6.45, 7) is 3.92. The summed E-state index contributed by atoms with van der Waals surface area (Å²) in [6.07, 6.45) is 4.13. The van der Waals surface area contributed by atoms with Crippen LogP contribution >= 0.6 is 23.5 Å². The molecule has 0 saturated heterocycles. The van der Waals surface area contributed by atoms with Crippen molar-refractivity contribution in [3.8, 4) is 0 Å². The molecule has 0 saturated carbocycles. The molecule has 0 atom stereocenters. The molecule has 0 aliphatic carbocycles. The Labute approximate surface area is 127 Å². The van der Waals surface area contributed by atoms with E-state index in [1.807, 2.05) is 24.8 Å². The lowest BCUT2D eigenvalue weighted by Gasteiger charge is -2.38. The van der Waals surface area contributed by atoms with Gasteiger partial charge in [0.15, 0.2) is 0 Å². The zero-order valence-corrected chi connectivity index (χ0v) is 13.7. The molecule has 0 radical (unpaired) electrons. The Morgan fingerprint density at radius 1 is 1.10 bits per heavy atom. The predicted octanol–water partition coefficient (Wildman–Crippen LogP) is 2.32. The Kier molecular flexibility index (Phi) is 4.19. The molecule has 0 amide bonds. The first-order valence-corrected chi connectivity index (χ1v) is 8.55. The molecule has 5 nitrogen and oxygen atoms in total. The van der Waals surface area contributed by atoms with Crippen LogP contribution in [-0.2, 0) is 0 Å². The van der Waals surface area contributed by atoms with E-state index in [2.05, 4.69) is 34.6 Å². The van der Waals surface area contributed by atoms with Crippen LogP contribution in [0, 0.1) is 0 Å². The molecule has 0 aromatic heterocycles. The van der Waals surface area contributed by atoms with Gasteiger partial charge < -0.3 is 11.5 Å². The number of hydrogen-bond donors (Lipinski definition) is 2. The molecule has 1 heterocycles. The highest BCUT2D eigenvalue weighted by Gasteiger charge is 2.33. The van der Waals surface area contributed by atoms with Gasteiger partial charge in [-0.2, -0.15) is 4.99 Å². The van der Waals surface area contributed by atoms with Crippen LogP contribution in [0.25, 0.3) is 0 Å². The monoisotopic (exact) mass is 309 g/mol. The molecule has 1 aliphatic rings. The largest absolute Gasteiger partial charge is 0.369 e. The second kappa shape index (κ2) is 5.57. The number of nitrogens with two attached hydrogens (primary N) is 2. The maximum atomic E-state index is 6.04. The average molecular weight is 309 g/mol. The number of rotatable bonds is 3. The molecule has 1 aromatic rings. The number of benzene rings is 1.